The number of piperidine rings is 1. The van der Waals surface area contributed by atoms with Crippen LogP contribution in [0.5, 0.6) is 0 Å². The molecular weight excluding hydrogens is 354 g/mol. The number of likely N-dealkylation sites (N-methyl/N-ethyl adjacent to an activating group) is 1. The van der Waals surface area contributed by atoms with E-state index in [4.69, 9.17) is 16.3 Å². The van der Waals surface area contributed by atoms with E-state index in [0.717, 1.165) is 31.2 Å². The molecule has 1 aromatic rings. The average molecular weight is 378 g/mol. The third-order valence-corrected chi connectivity index (χ3v) is 6.13. The molecule has 0 radical (unpaired) electrons. The fraction of sp³-hybridized carbons (Fsp3) is 0.579. The first-order valence-electron chi connectivity index (χ1n) is 9.14. The van der Waals surface area contributed by atoms with E-state index in [-0.39, 0.29) is 36.2 Å². The van der Waals surface area contributed by atoms with E-state index >= 15 is 0 Å². The number of carbonyl (C=O) groups excluding carboxylic acids is 2. The van der Waals surface area contributed by atoms with Crippen molar-refractivity contribution >= 4 is 23.5 Å². The molecule has 2 bridgehead atoms. The van der Waals surface area contributed by atoms with Crippen LogP contribution in [0.4, 0.5) is 4.79 Å². The Morgan fingerprint density at radius 3 is 2.54 bits per heavy atom. The third kappa shape index (κ3) is 3.28. The molecule has 3 aliphatic rings. The molecule has 7 heteroatoms. The molecule has 3 saturated heterocycles. The Labute approximate surface area is 158 Å². The minimum atomic E-state index is -0.290. The minimum absolute atomic E-state index is 0.0115. The minimum Gasteiger partial charge on any atom is -0.363 e. The van der Waals surface area contributed by atoms with Crippen molar-refractivity contribution in [3.8, 4) is 0 Å². The molecule has 1 aromatic carbocycles. The maximum absolute atomic E-state index is 12.8. The highest BCUT2D eigenvalue weighted by Gasteiger charge is 2.52. The molecule has 1 N–H and O–H groups in total. The molecule has 6 nitrogen and oxygen atoms in total. The molecule has 3 amide bonds. The van der Waals surface area contributed by atoms with E-state index in [1.165, 1.54) is 0 Å². The monoisotopic (exact) mass is 377 g/mol. The molecule has 0 aliphatic carbocycles. The zero-order chi connectivity index (χ0) is 18.3. The van der Waals surface area contributed by atoms with Gasteiger partial charge in [-0.25, -0.2) is 4.79 Å². The molecule has 3 fully saturated rings. The van der Waals surface area contributed by atoms with Gasteiger partial charge >= 0.3 is 6.03 Å². The van der Waals surface area contributed by atoms with Gasteiger partial charge < -0.3 is 19.9 Å². The largest absolute Gasteiger partial charge is 0.363 e. The molecule has 26 heavy (non-hydrogen) atoms. The van der Waals surface area contributed by atoms with E-state index < -0.39 is 0 Å². The molecule has 140 valence electrons. The standard InChI is InChI=1S/C19H24ClN3O3/c1-22-12-19(26-11-17(22)24)8-15-6-7-16(9-19)23(15)18(25)21-10-13-2-4-14(20)5-3-13/h2-5,15-16H,6-12H2,1H3,(H,21,25). The SMILES string of the molecule is CN1CC2(CC3CCC(C2)N3C(=O)NCc2ccc(Cl)cc2)OCC1=O. The number of benzene rings is 1. The smallest absolute Gasteiger partial charge is 0.318 e. The van der Waals surface area contributed by atoms with Gasteiger partial charge in [-0.1, -0.05) is 23.7 Å². The first-order valence-corrected chi connectivity index (χ1v) is 9.52. The molecule has 4 rings (SSSR count). The fourth-order valence-corrected chi connectivity index (χ4v) is 4.77. The second kappa shape index (κ2) is 6.74. The number of nitrogens with one attached hydrogen (secondary N) is 1. The van der Waals surface area contributed by atoms with Crippen LogP contribution in [0.1, 0.15) is 31.2 Å². The maximum atomic E-state index is 12.8. The number of fused-ring (bicyclic) bond motifs is 2. The number of nitrogens with zero attached hydrogens (tertiary/aromatic N) is 2. The molecule has 0 aromatic heterocycles. The summed E-state index contributed by atoms with van der Waals surface area (Å²) in [6, 6.07) is 7.85. The van der Waals surface area contributed by atoms with Gasteiger partial charge in [0, 0.05) is 37.2 Å². The Hall–Kier alpha value is -1.79. The van der Waals surface area contributed by atoms with E-state index in [1.54, 1.807) is 4.90 Å². The number of hydrogen-bond donors (Lipinski definition) is 1. The van der Waals surface area contributed by atoms with Gasteiger partial charge in [0.15, 0.2) is 0 Å². The number of carbonyl (C=O) groups is 2. The summed E-state index contributed by atoms with van der Waals surface area (Å²) in [5, 5.41) is 3.72. The Balaban J connectivity index is 1.39. The first-order chi connectivity index (χ1) is 12.5. The lowest BCUT2D eigenvalue weighted by Crippen LogP contribution is -2.62. The topological polar surface area (TPSA) is 61.9 Å². The predicted molar refractivity (Wildman–Crippen MR) is 97.9 cm³/mol. The Morgan fingerprint density at radius 2 is 1.92 bits per heavy atom. The molecule has 2 atom stereocenters. The quantitative estimate of drug-likeness (QED) is 0.860. The molecule has 1 spiro atoms. The zero-order valence-electron chi connectivity index (χ0n) is 14.9. The number of urea groups is 1. The number of hydrogen-bond acceptors (Lipinski definition) is 3. The van der Waals surface area contributed by atoms with Crippen molar-refractivity contribution in [1.82, 2.24) is 15.1 Å². The predicted octanol–water partition coefficient (Wildman–Crippen LogP) is 2.40. The van der Waals surface area contributed by atoms with Crippen LogP contribution in [0.15, 0.2) is 24.3 Å². The fourth-order valence-electron chi connectivity index (χ4n) is 4.64. The van der Waals surface area contributed by atoms with Crippen molar-refractivity contribution in [2.45, 2.75) is 49.9 Å². The summed E-state index contributed by atoms with van der Waals surface area (Å²) in [4.78, 5) is 28.3. The van der Waals surface area contributed by atoms with Gasteiger partial charge in [0.1, 0.15) is 6.61 Å². The van der Waals surface area contributed by atoms with Crippen molar-refractivity contribution in [2.24, 2.45) is 0 Å². The van der Waals surface area contributed by atoms with Crippen LogP contribution in [0, 0.1) is 0 Å². The van der Waals surface area contributed by atoms with Gasteiger partial charge in [0.05, 0.1) is 5.60 Å². The van der Waals surface area contributed by atoms with Crippen molar-refractivity contribution < 1.29 is 14.3 Å². The Bertz CT molecular complexity index is 694. The maximum Gasteiger partial charge on any atom is 0.318 e. The van der Waals surface area contributed by atoms with Crippen molar-refractivity contribution in [3.63, 3.8) is 0 Å². The van der Waals surface area contributed by atoms with Crippen LogP contribution >= 0.6 is 11.6 Å². The van der Waals surface area contributed by atoms with Gasteiger partial charge in [-0.05, 0) is 43.4 Å². The highest BCUT2D eigenvalue weighted by molar-refractivity contribution is 6.30. The summed E-state index contributed by atoms with van der Waals surface area (Å²) in [5.74, 6) is 0.0334. The average Bonchev–Trinajstić information content (AvgIpc) is 2.90. The van der Waals surface area contributed by atoms with E-state index in [1.807, 2.05) is 36.2 Å². The van der Waals surface area contributed by atoms with Crippen LogP contribution in [0.2, 0.25) is 5.02 Å². The number of morpholine rings is 1. The summed E-state index contributed by atoms with van der Waals surface area (Å²) in [6.07, 6.45) is 3.61. The van der Waals surface area contributed by atoms with Crippen LogP contribution in [-0.2, 0) is 16.1 Å². The number of halogens is 1. The summed E-state index contributed by atoms with van der Waals surface area (Å²) in [5.41, 5.74) is 0.737. The summed E-state index contributed by atoms with van der Waals surface area (Å²) < 4.78 is 5.98. The lowest BCUT2D eigenvalue weighted by atomic mass is 9.84. The lowest BCUT2D eigenvalue weighted by molar-refractivity contribution is -0.171. The van der Waals surface area contributed by atoms with Crippen molar-refractivity contribution in [1.29, 1.82) is 0 Å². The van der Waals surface area contributed by atoms with Crippen molar-refractivity contribution in [2.75, 3.05) is 20.2 Å². The first kappa shape index (κ1) is 17.6. The van der Waals surface area contributed by atoms with Crippen LogP contribution in [0.3, 0.4) is 0 Å². The second-order valence-corrected chi connectivity index (χ2v) is 8.14. The van der Waals surface area contributed by atoms with Gasteiger partial charge in [0.25, 0.3) is 0 Å². The third-order valence-electron chi connectivity index (χ3n) is 5.88. The molecular formula is C19H24ClN3O3. The van der Waals surface area contributed by atoms with Crippen molar-refractivity contribution in [3.05, 3.63) is 34.9 Å². The highest BCUT2D eigenvalue weighted by Crippen LogP contribution is 2.43. The number of amides is 3. The Morgan fingerprint density at radius 1 is 1.27 bits per heavy atom. The number of rotatable bonds is 2. The normalized spacial score (nSPS) is 30.8. The lowest BCUT2D eigenvalue weighted by Gasteiger charge is -2.49. The van der Waals surface area contributed by atoms with E-state index in [0.29, 0.717) is 18.1 Å². The van der Waals surface area contributed by atoms with Gasteiger partial charge in [0.2, 0.25) is 5.91 Å². The Kier molecular flexibility index (Phi) is 4.57. The summed E-state index contributed by atoms with van der Waals surface area (Å²) in [7, 11) is 1.83. The van der Waals surface area contributed by atoms with Crippen LogP contribution in [0.25, 0.3) is 0 Å². The summed E-state index contributed by atoms with van der Waals surface area (Å²) >= 11 is 5.90. The second-order valence-electron chi connectivity index (χ2n) is 7.71. The molecule has 2 unspecified atom stereocenters. The van der Waals surface area contributed by atoms with Crippen LogP contribution in [-0.4, -0.2) is 59.6 Å². The van der Waals surface area contributed by atoms with Gasteiger partial charge in [-0.3, -0.25) is 4.79 Å². The van der Waals surface area contributed by atoms with Crippen LogP contribution < -0.4 is 5.32 Å². The van der Waals surface area contributed by atoms with Gasteiger partial charge in [-0.2, -0.15) is 0 Å². The number of ether oxygens (including phenoxy) is 1. The van der Waals surface area contributed by atoms with E-state index in [9.17, 15) is 9.59 Å². The molecule has 3 heterocycles. The molecule has 3 aliphatic heterocycles. The van der Waals surface area contributed by atoms with E-state index in [2.05, 4.69) is 5.32 Å². The summed E-state index contributed by atoms with van der Waals surface area (Å²) in [6.45, 7) is 1.27. The highest BCUT2D eigenvalue weighted by atomic mass is 35.5. The zero-order valence-corrected chi connectivity index (χ0v) is 15.7. The van der Waals surface area contributed by atoms with Gasteiger partial charge in [-0.15, -0.1) is 0 Å². The molecule has 0 saturated carbocycles.